The summed E-state index contributed by atoms with van der Waals surface area (Å²) >= 11 is 0. The topological polar surface area (TPSA) is 49.7 Å². The number of hydrogen-bond acceptors (Lipinski definition) is 3. The van der Waals surface area contributed by atoms with Gasteiger partial charge in [0.05, 0.1) is 17.8 Å². The molecule has 0 saturated heterocycles. The van der Waals surface area contributed by atoms with E-state index in [1.54, 1.807) is 21.3 Å². The van der Waals surface area contributed by atoms with Crippen LogP contribution in [0.1, 0.15) is 33.3 Å². The van der Waals surface area contributed by atoms with Gasteiger partial charge in [-0.05, 0) is 33.3 Å². The molecule has 0 spiro atoms. The van der Waals surface area contributed by atoms with E-state index in [4.69, 9.17) is 9.76 Å². The number of rotatable bonds is 5. The summed E-state index contributed by atoms with van der Waals surface area (Å²) in [5.41, 5.74) is 0.0950. The van der Waals surface area contributed by atoms with E-state index in [0.29, 0.717) is 0 Å². The van der Waals surface area contributed by atoms with E-state index in [1.807, 2.05) is 38.1 Å². The Morgan fingerprint density at radius 2 is 1.88 bits per heavy atom. The van der Waals surface area contributed by atoms with Crippen LogP contribution >= 0.6 is 0 Å². The Hall–Kier alpha value is -0.835. The Morgan fingerprint density at radius 1 is 1.24 bits per heavy atom. The van der Waals surface area contributed by atoms with Crippen LogP contribution in [0.5, 0.6) is 0 Å². The van der Waals surface area contributed by atoms with E-state index in [-0.39, 0.29) is 6.61 Å². The average Bonchev–Trinajstić information content (AvgIpc) is 2.25. The average molecular weight is 235 g/mol. The molecule has 0 aromatic heterocycles. The van der Waals surface area contributed by atoms with Crippen LogP contribution in [0, 0.1) is 0 Å². The second kappa shape index (κ2) is 5.21. The van der Waals surface area contributed by atoms with Crippen molar-refractivity contribution in [3.05, 3.63) is 29.8 Å². The predicted octanol–water partition coefficient (Wildman–Crippen LogP) is 0.990. The summed E-state index contributed by atoms with van der Waals surface area (Å²) in [6.07, 6.45) is 0. The van der Waals surface area contributed by atoms with Crippen molar-refractivity contribution in [2.75, 3.05) is 0 Å². The van der Waals surface area contributed by atoms with Gasteiger partial charge < -0.3 is 14.9 Å². The number of hydrogen-bond donors (Lipinski definition) is 2. The first-order chi connectivity index (χ1) is 7.76. The summed E-state index contributed by atoms with van der Waals surface area (Å²) in [7, 11) is 1.61. The van der Waals surface area contributed by atoms with E-state index in [0.717, 1.165) is 11.0 Å². The van der Waals surface area contributed by atoms with Crippen molar-refractivity contribution in [2.45, 2.75) is 45.5 Å². The molecule has 0 atom stereocenters. The molecule has 0 aliphatic carbocycles. The monoisotopic (exact) mass is 235 g/mol. The van der Waals surface area contributed by atoms with Crippen LogP contribution in [0.3, 0.4) is 0 Å². The maximum Gasteiger partial charge on any atom is 0.330 e. The zero-order valence-electron chi connectivity index (χ0n) is 10.9. The van der Waals surface area contributed by atoms with Gasteiger partial charge in [-0.25, -0.2) is 0 Å². The molecule has 0 unspecified atom stereocenters. The van der Waals surface area contributed by atoms with E-state index in [1.165, 1.54) is 0 Å². The molecule has 0 amide bonds. The van der Waals surface area contributed by atoms with E-state index in [2.05, 4.69) is 0 Å². The minimum absolute atomic E-state index is 0.0105. The first-order valence-electron chi connectivity index (χ1n) is 5.69. The summed E-state index contributed by atoms with van der Waals surface area (Å²) < 4.78 is 5.62. The minimum atomic E-state index is -0.932. The van der Waals surface area contributed by atoms with Crippen molar-refractivity contribution in [1.29, 1.82) is 0 Å². The van der Waals surface area contributed by atoms with Crippen molar-refractivity contribution in [2.24, 2.45) is 0 Å². The smallest absolute Gasteiger partial charge is 0.330 e. The van der Waals surface area contributed by atoms with Gasteiger partial charge in [0, 0.05) is 0 Å². The highest BCUT2D eigenvalue weighted by Gasteiger charge is 2.35. The lowest BCUT2D eigenvalue weighted by Gasteiger charge is -2.37. The molecule has 1 aromatic rings. The van der Waals surface area contributed by atoms with Crippen molar-refractivity contribution in [1.82, 2.24) is 0 Å². The van der Waals surface area contributed by atoms with Crippen LogP contribution in [-0.2, 0) is 11.3 Å². The predicted molar refractivity (Wildman–Crippen MR) is 69.2 cm³/mol. The molecule has 0 saturated carbocycles. The van der Waals surface area contributed by atoms with Gasteiger partial charge in [-0.2, -0.15) is 0 Å². The van der Waals surface area contributed by atoms with Crippen LogP contribution in [0.2, 0.25) is 0 Å². The number of benzene rings is 1. The number of aliphatic hydroxyl groups is 2. The van der Waals surface area contributed by atoms with Gasteiger partial charge in [0.25, 0.3) is 0 Å². The lowest BCUT2D eigenvalue weighted by atomic mass is 9.82. The molecule has 93 valence electrons. The standard InChI is InChI=1S/C13H20BO3/c1-12(2,16)13(3,4)17-14-11-7-5-6-10(8-11)9-15/h5-8,15-16H,9H2,1-4H3. The van der Waals surface area contributed by atoms with E-state index in [9.17, 15) is 5.11 Å². The fourth-order valence-electron chi connectivity index (χ4n) is 1.12. The molecule has 1 rings (SSSR count). The highest BCUT2D eigenvalue weighted by atomic mass is 16.5. The SMILES string of the molecule is CC(C)(O)C(C)(C)O[B]c1cccc(CO)c1. The van der Waals surface area contributed by atoms with Crippen LogP contribution in [0.25, 0.3) is 0 Å². The van der Waals surface area contributed by atoms with Gasteiger partial charge in [-0.3, -0.25) is 0 Å². The quantitative estimate of drug-likeness (QED) is 0.748. The second-order valence-electron chi connectivity index (χ2n) is 5.21. The molecule has 0 heterocycles. The third-order valence-corrected chi connectivity index (χ3v) is 3.10. The van der Waals surface area contributed by atoms with Gasteiger partial charge in [-0.1, -0.05) is 29.7 Å². The van der Waals surface area contributed by atoms with Gasteiger partial charge in [0.2, 0.25) is 0 Å². The Bertz CT molecular complexity index is 369. The molecule has 0 fully saturated rings. The molecule has 2 N–H and O–H groups in total. The lowest BCUT2D eigenvalue weighted by Crippen LogP contribution is -2.49. The highest BCUT2D eigenvalue weighted by molar-refractivity contribution is 6.47. The van der Waals surface area contributed by atoms with Gasteiger partial charge >= 0.3 is 7.48 Å². The molecule has 4 heteroatoms. The normalized spacial score (nSPS) is 12.6. The Morgan fingerprint density at radius 3 is 2.41 bits per heavy atom. The third-order valence-electron chi connectivity index (χ3n) is 3.10. The molecular formula is C13H20BO3. The molecule has 0 aliphatic rings. The Labute approximate surface area is 104 Å². The van der Waals surface area contributed by atoms with Crippen LogP contribution in [0.15, 0.2) is 24.3 Å². The molecule has 0 aliphatic heterocycles. The summed E-state index contributed by atoms with van der Waals surface area (Å²) in [4.78, 5) is 0. The molecule has 0 bridgehead atoms. The van der Waals surface area contributed by atoms with Crippen LogP contribution in [-0.4, -0.2) is 28.9 Å². The fraction of sp³-hybridized carbons (Fsp3) is 0.538. The molecular weight excluding hydrogens is 215 g/mol. The van der Waals surface area contributed by atoms with Crippen molar-refractivity contribution >= 4 is 12.9 Å². The van der Waals surface area contributed by atoms with Crippen molar-refractivity contribution in [3.8, 4) is 0 Å². The molecule has 17 heavy (non-hydrogen) atoms. The second-order valence-corrected chi connectivity index (χ2v) is 5.21. The first kappa shape index (κ1) is 14.2. The maximum atomic E-state index is 9.94. The van der Waals surface area contributed by atoms with Gasteiger partial charge in [0.15, 0.2) is 0 Å². The summed E-state index contributed by atoms with van der Waals surface area (Å²) in [6, 6.07) is 7.44. The maximum absolute atomic E-state index is 9.94. The van der Waals surface area contributed by atoms with Gasteiger partial charge in [-0.15, -0.1) is 0 Å². The Balaban J connectivity index is 2.67. The highest BCUT2D eigenvalue weighted by Crippen LogP contribution is 2.24. The number of aliphatic hydroxyl groups excluding tert-OH is 1. The largest absolute Gasteiger partial charge is 0.427 e. The van der Waals surface area contributed by atoms with E-state index >= 15 is 0 Å². The molecule has 3 nitrogen and oxygen atoms in total. The molecule has 1 radical (unpaired) electrons. The fourth-order valence-corrected chi connectivity index (χ4v) is 1.12. The van der Waals surface area contributed by atoms with Crippen molar-refractivity contribution in [3.63, 3.8) is 0 Å². The Kier molecular flexibility index (Phi) is 4.36. The summed E-state index contributed by atoms with van der Waals surface area (Å²) in [6.45, 7) is 7.10. The zero-order valence-corrected chi connectivity index (χ0v) is 10.9. The third kappa shape index (κ3) is 3.84. The van der Waals surface area contributed by atoms with Crippen LogP contribution in [0.4, 0.5) is 0 Å². The summed E-state index contributed by atoms with van der Waals surface area (Å²) in [5.74, 6) is 0. The van der Waals surface area contributed by atoms with Gasteiger partial charge in [0.1, 0.15) is 0 Å². The lowest BCUT2D eigenvalue weighted by molar-refractivity contribution is -0.0893. The van der Waals surface area contributed by atoms with Crippen molar-refractivity contribution < 1.29 is 14.9 Å². The van der Waals surface area contributed by atoms with Crippen LogP contribution < -0.4 is 5.46 Å². The summed E-state index contributed by atoms with van der Waals surface area (Å²) in [5, 5.41) is 19.0. The minimum Gasteiger partial charge on any atom is -0.427 e. The zero-order chi connectivity index (χ0) is 13.1. The molecule has 1 aromatic carbocycles. The first-order valence-corrected chi connectivity index (χ1v) is 5.69. The van der Waals surface area contributed by atoms with E-state index < -0.39 is 11.2 Å².